The summed E-state index contributed by atoms with van der Waals surface area (Å²) in [5.74, 6) is -1.25. The monoisotopic (exact) mass is 301 g/mol. The second-order valence-electron chi connectivity index (χ2n) is 4.09. The molecule has 2 aromatic rings. The highest BCUT2D eigenvalue weighted by molar-refractivity contribution is 6.35. The summed E-state index contributed by atoms with van der Waals surface area (Å²) in [7, 11) is 1.69. The standard InChI is InChI=1S/C14H11Cl2F2N/c1-19-14(8-4-10(17)7-11(18)5-8)12-3-2-9(15)6-13(12)16/h2-7,14,19H,1H3. The molecule has 19 heavy (non-hydrogen) atoms. The van der Waals surface area contributed by atoms with Gasteiger partial charge in [-0.2, -0.15) is 0 Å². The minimum Gasteiger partial charge on any atom is -0.309 e. The highest BCUT2D eigenvalue weighted by atomic mass is 35.5. The molecular formula is C14H11Cl2F2N. The van der Waals surface area contributed by atoms with Crippen molar-refractivity contribution in [3.63, 3.8) is 0 Å². The van der Waals surface area contributed by atoms with Crippen LogP contribution in [0, 0.1) is 11.6 Å². The fraction of sp³-hybridized carbons (Fsp3) is 0.143. The zero-order chi connectivity index (χ0) is 14.0. The maximum absolute atomic E-state index is 13.3. The highest BCUT2D eigenvalue weighted by Gasteiger charge is 2.17. The summed E-state index contributed by atoms with van der Waals surface area (Å²) in [5.41, 5.74) is 1.17. The van der Waals surface area contributed by atoms with Gasteiger partial charge in [0.05, 0.1) is 6.04 Å². The number of rotatable bonds is 3. The van der Waals surface area contributed by atoms with Crippen molar-refractivity contribution in [2.24, 2.45) is 0 Å². The topological polar surface area (TPSA) is 12.0 Å². The van der Waals surface area contributed by atoms with E-state index in [1.165, 1.54) is 12.1 Å². The first kappa shape index (κ1) is 14.3. The second kappa shape index (κ2) is 5.87. The average molecular weight is 302 g/mol. The van der Waals surface area contributed by atoms with E-state index >= 15 is 0 Å². The van der Waals surface area contributed by atoms with Crippen molar-refractivity contribution in [2.45, 2.75) is 6.04 Å². The van der Waals surface area contributed by atoms with Gasteiger partial charge in [-0.3, -0.25) is 0 Å². The molecule has 2 aromatic carbocycles. The van der Waals surface area contributed by atoms with Gasteiger partial charge in [0.2, 0.25) is 0 Å². The maximum Gasteiger partial charge on any atom is 0.126 e. The zero-order valence-electron chi connectivity index (χ0n) is 10.1. The summed E-state index contributed by atoms with van der Waals surface area (Å²) in [6.07, 6.45) is 0. The van der Waals surface area contributed by atoms with Gasteiger partial charge < -0.3 is 5.32 Å². The number of hydrogen-bond donors (Lipinski definition) is 1. The molecule has 0 aromatic heterocycles. The van der Waals surface area contributed by atoms with Crippen molar-refractivity contribution in [3.05, 3.63) is 69.2 Å². The van der Waals surface area contributed by atoms with Crippen LogP contribution in [0.3, 0.4) is 0 Å². The lowest BCUT2D eigenvalue weighted by molar-refractivity contribution is 0.571. The van der Waals surface area contributed by atoms with Crippen LogP contribution in [0.2, 0.25) is 10.0 Å². The first-order valence-corrected chi connectivity index (χ1v) is 6.35. The molecule has 2 rings (SSSR count). The Labute approximate surface area is 120 Å². The Kier molecular flexibility index (Phi) is 4.40. The van der Waals surface area contributed by atoms with E-state index in [9.17, 15) is 8.78 Å². The lowest BCUT2D eigenvalue weighted by Gasteiger charge is -2.19. The molecule has 1 atom stereocenters. The number of benzene rings is 2. The number of halogens is 4. The van der Waals surface area contributed by atoms with Crippen LogP contribution >= 0.6 is 23.2 Å². The van der Waals surface area contributed by atoms with Crippen LogP contribution in [0.25, 0.3) is 0 Å². The molecule has 0 radical (unpaired) electrons. The third-order valence-corrected chi connectivity index (χ3v) is 3.34. The van der Waals surface area contributed by atoms with Crippen molar-refractivity contribution in [2.75, 3.05) is 7.05 Å². The minimum atomic E-state index is -0.625. The van der Waals surface area contributed by atoms with Crippen LogP contribution in [-0.2, 0) is 0 Å². The Morgan fingerprint density at radius 2 is 1.63 bits per heavy atom. The third kappa shape index (κ3) is 3.24. The lowest BCUT2D eigenvalue weighted by atomic mass is 9.98. The predicted molar refractivity (Wildman–Crippen MR) is 73.7 cm³/mol. The van der Waals surface area contributed by atoms with E-state index in [0.717, 1.165) is 6.07 Å². The second-order valence-corrected chi connectivity index (χ2v) is 4.93. The smallest absolute Gasteiger partial charge is 0.126 e. The van der Waals surface area contributed by atoms with E-state index in [0.29, 0.717) is 21.2 Å². The summed E-state index contributed by atoms with van der Waals surface area (Å²) < 4.78 is 26.6. The molecule has 0 saturated heterocycles. The van der Waals surface area contributed by atoms with Gasteiger partial charge in [-0.25, -0.2) is 8.78 Å². The van der Waals surface area contributed by atoms with Gasteiger partial charge in [0.1, 0.15) is 11.6 Å². The number of nitrogens with one attached hydrogen (secondary N) is 1. The van der Waals surface area contributed by atoms with Crippen molar-refractivity contribution in [3.8, 4) is 0 Å². The Balaban J connectivity index is 2.49. The molecule has 1 N–H and O–H groups in total. The van der Waals surface area contributed by atoms with Crippen LogP contribution in [0.15, 0.2) is 36.4 Å². The molecule has 1 unspecified atom stereocenters. The molecule has 0 aliphatic carbocycles. The van der Waals surface area contributed by atoms with Gasteiger partial charge in [0.15, 0.2) is 0 Å². The highest BCUT2D eigenvalue weighted by Crippen LogP contribution is 2.30. The first-order valence-electron chi connectivity index (χ1n) is 5.59. The van der Waals surface area contributed by atoms with E-state index in [1.807, 2.05) is 0 Å². The normalized spacial score (nSPS) is 12.5. The molecule has 5 heteroatoms. The zero-order valence-corrected chi connectivity index (χ0v) is 11.6. The summed E-state index contributed by atoms with van der Waals surface area (Å²) in [6.45, 7) is 0. The molecule has 0 amide bonds. The summed E-state index contributed by atoms with van der Waals surface area (Å²) in [4.78, 5) is 0. The van der Waals surface area contributed by atoms with E-state index in [-0.39, 0.29) is 0 Å². The van der Waals surface area contributed by atoms with Crippen LogP contribution in [0.5, 0.6) is 0 Å². The molecule has 0 saturated carbocycles. The molecule has 0 bridgehead atoms. The van der Waals surface area contributed by atoms with Crippen LogP contribution < -0.4 is 5.32 Å². The summed E-state index contributed by atoms with van der Waals surface area (Å²) >= 11 is 12.0. The van der Waals surface area contributed by atoms with E-state index in [1.54, 1.807) is 25.2 Å². The predicted octanol–water partition coefficient (Wildman–Crippen LogP) is 4.58. The largest absolute Gasteiger partial charge is 0.309 e. The SMILES string of the molecule is CNC(c1cc(F)cc(F)c1)c1ccc(Cl)cc1Cl. The molecule has 0 spiro atoms. The van der Waals surface area contributed by atoms with Gasteiger partial charge >= 0.3 is 0 Å². The Morgan fingerprint density at radius 1 is 1.00 bits per heavy atom. The van der Waals surface area contributed by atoms with Gasteiger partial charge in [-0.15, -0.1) is 0 Å². The molecule has 0 aliphatic rings. The molecular weight excluding hydrogens is 291 g/mol. The molecule has 0 aliphatic heterocycles. The molecule has 1 nitrogen and oxygen atoms in total. The quantitative estimate of drug-likeness (QED) is 0.875. The Bertz CT molecular complexity index is 582. The van der Waals surface area contributed by atoms with Crippen molar-refractivity contribution >= 4 is 23.2 Å². The average Bonchev–Trinajstić information content (AvgIpc) is 2.31. The fourth-order valence-electron chi connectivity index (χ4n) is 1.98. The van der Waals surface area contributed by atoms with Crippen molar-refractivity contribution in [1.82, 2.24) is 5.32 Å². The van der Waals surface area contributed by atoms with E-state index in [4.69, 9.17) is 23.2 Å². The van der Waals surface area contributed by atoms with E-state index in [2.05, 4.69) is 5.32 Å². The Hall–Kier alpha value is -1.16. The minimum absolute atomic E-state index is 0.407. The van der Waals surface area contributed by atoms with Gasteiger partial charge in [0.25, 0.3) is 0 Å². The van der Waals surface area contributed by atoms with Gasteiger partial charge in [-0.05, 0) is 42.4 Å². The molecule has 0 heterocycles. The van der Waals surface area contributed by atoms with Crippen molar-refractivity contribution in [1.29, 1.82) is 0 Å². The van der Waals surface area contributed by atoms with Crippen LogP contribution in [-0.4, -0.2) is 7.05 Å². The molecule has 100 valence electrons. The van der Waals surface area contributed by atoms with E-state index < -0.39 is 17.7 Å². The summed E-state index contributed by atoms with van der Waals surface area (Å²) in [6, 6.07) is 7.98. The van der Waals surface area contributed by atoms with Crippen molar-refractivity contribution < 1.29 is 8.78 Å². The third-order valence-electron chi connectivity index (χ3n) is 2.78. The maximum atomic E-state index is 13.3. The Morgan fingerprint density at radius 3 is 2.16 bits per heavy atom. The van der Waals surface area contributed by atoms with Crippen LogP contribution in [0.1, 0.15) is 17.2 Å². The number of hydrogen-bond acceptors (Lipinski definition) is 1. The van der Waals surface area contributed by atoms with Gasteiger partial charge in [0, 0.05) is 16.1 Å². The first-order chi connectivity index (χ1) is 9.01. The molecule has 0 fully saturated rings. The van der Waals surface area contributed by atoms with Gasteiger partial charge in [-0.1, -0.05) is 29.3 Å². The summed E-state index contributed by atoms with van der Waals surface area (Å²) in [5, 5.41) is 3.94. The van der Waals surface area contributed by atoms with Crippen LogP contribution in [0.4, 0.5) is 8.78 Å². The fourth-order valence-corrected chi connectivity index (χ4v) is 2.50. The lowest BCUT2D eigenvalue weighted by Crippen LogP contribution is -2.18.